The number of benzene rings is 3. The van der Waals surface area contributed by atoms with Gasteiger partial charge < -0.3 is 10.2 Å². The van der Waals surface area contributed by atoms with E-state index in [0.29, 0.717) is 6.54 Å². The maximum atomic E-state index is 14.0. The molecule has 1 N–H and O–H groups in total. The van der Waals surface area contributed by atoms with E-state index >= 15 is 0 Å². The van der Waals surface area contributed by atoms with Crippen molar-refractivity contribution in [2.75, 3.05) is 11.9 Å². The molecule has 3 nitrogen and oxygen atoms in total. The molecule has 4 heteroatoms. The van der Waals surface area contributed by atoms with Gasteiger partial charge in [-0.3, -0.25) is 0 Å². The summed E-state index contributed by atoms with van der Waals surface area (Å²) < 4.78 is 14.0. The van der Waals surface area contributed by atoms with Gasteiger partial charge in [0.2, 0.25) is 0 Å². The van der Waals surface area contributed by atoms with Gasteiger partial charge in [0.15, 0.2) is 0 Å². The molecule has 0 bridgehead atoms. The average Bonchev–Trinajstić information content (AvgIpc) is 2.69. The van der Waals surface area contributed by atoms with Crippen molar-refractivity contribution in [1.82, 2.24) is 4.90 Å². The van der Waals surface area contributed by atoms with E-state index in [1.165, 1.54) is 17.2 Å². The first kappa shape index (κ1) is 17.3. The standard InChI is InChI=1S/C23H21FN2O/c1-16-10-12-18(13-11-16)22-19-7-3-2-6-17(19)14-15-26(22)23(27)25-21-9-5-4-8-20(21)24/h2-13,22H,14-15H2,1H3,(H,25,27). The Kier molecular flexibility index (Phi) is 4.63. The van der Waals surface area contributed by atoms with E-state index in [-0.39, 0.29) is 17.8 Å². The predicted octanol–water partition coefficient (Wildman–Crippen LogP) is 5.31. The average molecular weight is 360 g/mol. The quantitative estimate of drug-likeness (QED) is 0.660. The molecule has 136 valence electrons. The zero-order chi connectivity index (χ0) is 18.8. The van der Waals surface area contributed by atoms with Gasteiger partial charge in [0, 0.05) is 6.54 Å². The van der Waals surface area contributed by atoms with Gasteiger partial charge in [-0.15, -0.1) is 0 Å². The smallest absolute Gasteiger partial charge is 0.313 e. The molecule has 0 fully saturated rings. The number of aryl methyl sites for hydroxylation is 1. The van der Waals surface area contributed by atoms with Crippen molar-refractivity contribution in [3.63, 3.8) is 0 Å². The highest BCUT2D eigenvalue weighted by Crippen LogP contribution is 2.35. The van der Waals surface area contributed by atoms with Crippen LogP contribution >= 0.6 is 0 Å². The Morgan fingerprint density at radius 1 is 1.00 bits per heavy atom. The minimum absolute atomic E-state index is 0.192. The highest BCUT2D eigenvalue weighted by atomic mass is 19.1. The first-order valence-electron chi connectivity index (χ1n) is 9.10. The molecule has 1 atom stereocenters. The van der Waals surface area contributed by atoms with Crippen LogP contribution in [0.3, 0.4) is 0 Å². The number of para-hydroxylation sites is 1. The molecule has 0 aliphatic carbocycles. The Bertz CT molecular complexity index is 968. The molecule has 3 aromatic carbocycles. The molecule has 27 heavy (non-hydrogen) atoms. The van der Waals surface area contributed by atoms with Gasteiger partial charge >= 0.3 is 6.03 Å². The van der Waals surface area contributed by atoms with Crippen LogP contribution < -0.4 is 5.32 Å². The molecule has 1 unspecified atom stereocenters. The number of carbonyl (C=O) groups excluding carboxylic acids is 1. The van der Waals surface area contributed by atoms with Crippen molar-refractivity contribution in [3.05, 3.63) is 101 Å². The van der Waals surface area contributed by atoms with Crippen LogP contribution in [0.1, 0.15) is 28.3 Å². The summed E-state index contributed by atoms with van der Waals surface area (Å²) in [6.07, 6.45) is 0.781. The molecular weight excluding hydrogens is 339 g/mol. The second-order valence-corrected chi connectivity index (χ2v) is 6.87. The third kappa shape index (κ3) is 3.43. The van der Waals surface area contributed by atoms with Crippen LogP contribution in [0.25, 0.3) is 0 Å². The summed E-state index contributed by atoms with van der Waals surface area (Å²) in [5.41, 5.74) is 4.79. The van der Waals surface area contributed by atoms with Crippen LogP contribution in [-0.4, -0.2) is 17.5 Å². The largest absolute Gasteiger partial charge is 0.322 e. The fraction of sp³-hybridized carbons (Fsp3) is 0.174. The summed E-state index contributed by atoms with van der Waals surface area (Å²) in [5, 5.41) is 2.73. The van der Waals surface area contributed by atoms with Crippen molar-refractivity contribution in [3.8, 4) is 0 Å². The van der Waals surface area contributed by atoms with Crippen molar-refractivity contribution in [2.24, 2.45) is 0 Å². The minimum atomic E-state index is -0.435. The van der Waals surface area contributed by atoms with E-state index in [4.69, 9.17) is 0 Å². The summed E-state index contributed by atoms with van der Waals surface area (Å²) >= 11 is 0. The zero-order valence-electron chi connectivity index (χ0n) is 15.2. The molecule has 0 spiro atoms. The SMILES string of the molecule is Cc1ccc(C2c3ccccc3CCN2C(=O)Nc2ccccc2F)cc1. The van der Waals surface area contributed by atoms with E-state index in [2.05, 4.69) is 41.7 Å². The Morgan fingerprint density at radius 3 is 2.48 bits per heavy atom. The van der Waals surface area contributed by atoms with Gasteiger partial charge in [0.25, 0.3) is 0 Å². The Morgan fingerprint density at radius 2 is 1.70 bits per heavy atom. The first-order chi connectivity index (χ1) is 13.1. The second-order valence-electron chi connectivity index (χ2n) is 6.87. The summed E-state index contributed by atoms with van der Waals surface area (Å²) in [5.74, 6) is -0.435. The maximum Gasteiger partial charge on any atom is 0.322 e. The van der Waals surface area contributed by atoms with E-state index in [1.807, 2.05) is 19.1 Å². The van der Waals surface area contributed by atoms with Crippen LogP contribution in [0.2, 0.25) is 0 Å². The van der Waals surface area contributed by atoms with Gasteiger partial charge in [0.1, 0.15) is 5.82 Å². The molecule has 1 aliphatic rings. The Labute approximate surface area is 158 Å². The lowest BCUT2D eigenvalue weighted by Gasteiger charge is -2.37. The van der Waals surface area contributed by atoms with E-state index in [0.717, 1.165) is 17.5 Å². The maximum absolute atomic E-state index is 14.0. The molecule has 0 aromatic heterocycles. The van der Waals surface area contributed by atoms with Crippen LogP contribution in [-0.2, 0) is 6.42 Å². The van der Waals surface area contributed by atoms with Crippen molar-refractivity contribution < 1.29 is 9.18 Å². The zero-order valence-corrected chi connectivity index (χ0v) is 15.2. The Balaban J connectivity index is 1.71. The highest BCUT2D eigenvalue weighted by molar-refractivity contribution is 5.90. The number of carbonyl (C=O) groups is 1. The van der Waals surface area contributed by atoms with Crippen LogP contribution in [0.5, 0.6) is 0 Å². The third-order valence-corrected chi connectivity index (χ3v) is 5.05. The lowest BCUT2D eigenvalue weighted by atomic mass is 9.88. The molecule has 0 saturated heterocycles. The van der Waals surface area contributed by atoms with Gasteiger partial charge in [-0.1, -0.05) is 66.2 Å². The number of nitrogens with one attached hydrogen (secondary N) is 1. The lowest BCUT2D eigenvalue weighted by Crippen LogP contribution is -2.43. The van der Waals surface area contributed by atoms with Gasteiger partial charge in [-0.2, -0.15) is 0 Å². The second kappa shape index (κ2) is 7.23. The molecule has 0 radical (unpaired) electrons. The number of amides is 2. The van der Waals surface area contributed by atoms with Crippen LogP contribution in [0.4, 0.5) is 14.9 Å². The first-order valence-corrected chi connectivity index (χ1v) is 9.10. The molecular formula is C23H21FN2O. The number of hydrogen-bond donors (Lipinski definition) is 1. The molecule has 1 aliphatic heterocycles. The highest BCUT2D eigenvalue weighted by Gasteiger charge is 2.32. The van der Waals surface area contributed by atoms with Crippen LogP contribution in [0.15, 0.2) is 72.8 Å². The molecule has 3 aromatic rings. The summed E-state index contributed by atoms with van der Waals surface area (Å²) in [6.45, 7) is 2.62. The Hall–Kier alpha value is -3.14. The fourth-order valence-corrected chi connectivity index (χ4v) is 3.64. The topological polar surface area (TPSA) is 32.3 Å². The van der Waals surface area contributed by atoms with Crippen molar-refractivity contribution in [2.45, 2.75) is 19.4 Å². The van der Waals surface area contributed by atoms with Crippen molar-refractivity contribution >= 4 is 11.7 Å². The van der Waals surface area contributed by atoms with E-state index in [9.17, 15) is 9.18 Å². The van der Waals surface area contributed by atoms with Crippen molar-refractivity contribution in [1.29, 1.82) is 0 Å². The number of halogens is 1. The molecule has 1 heterocycles. The summed E-state index contributed by atoms with van der Waals surface area (Å²) in [4.78, 5) is 14.8. The number of hydrogen-bond acceptors (Lipinski definition) is 1. The molecule has 4 rings (SSSR count). The van der Waals surface area contributed by atoms with E-state index in [1.54, 1.807) is 23.1 Å². The summed E-state index contributed by atoms with van der Waals surface area (Å²) in [6, 6.07) is 22.2. The number of fused-ring (bicyclic) bond motifs is 1. The molecule has 2 amide bonds. The minimum Gasteiger partial charge on any atom is -0.313 e. The van der Waals surface area contributed by atoms with Crippen LogP contribution in [0, 0.1) is 12.7 Å². The number of anilines is 1. The monoisotopic (exact) mass is 360 g/mol. The fourth-order valence-electron chi connectivity index (χ4n) is 3.64. The number of nitrogens with zero attached hydrogens (tertiary/aromatic N) is 1. The molecule has 0 saturated carbocycles. The normalized spacial score (nSPS) is 15.9. The number of urea groups is 1. The van der Waals surface area contributed by atoms with Gasteiger partial charge in [-0.05, 0) is 42.2 Å². The lowest BCUT2D eigenvalue weighted by molar-refractivity contribution is 0.194. The summed E-state index contributed by atoms with van der Waals surface area (Å²) in [7, 11) is 0. The number of rotatable bonds is 2. The predicted molar refractivity (Wildman–Crippen MR) is 105 cm³/mol. The third-order valence-electron chi connectivity index (χ3n) is 5.05. The van der Waals surface area contributed by atoms with Gasteiger partial charge in [0.05, 0.1) is 11.7 Å². The van der Waals surface area contributed by atoms with Gasteiger partial charge in [-0.25, -0.2) is 9.18 Å². The van der Waals surface area contributed by atoms with E-state index < -0.39 is 5.82 Å².